The van der Waals surface area contributed by atoms with Crippen LogP contribution in [0.3, 0.4) is 0 Å². The molecule has 1 fully saturated rings. The molecule has 3 heteroatoms. The molecule has 1 aliphatic carbocycles. The van der Waals surface area contributed by atoms with Crippen molar-refractivity contribution in [3.63, 3.8) is 0 Å². The highest BCUT2D eigenvalue weighted by Crippen LogP contribution is 2.41. The lowest BCUT2D eigenvalue weighted by atomic mass is 9.70. The van der Waals surface area contributed by atoms with Crippen LogP contribution >= 0.6 is 0 Å². The second-order valence-corrected chi connectivity index (χ2v) is 5.32. The van der Waals surface area contributed by atoms with E-state index in [9.17, 15) is 4.79 Å². The van der Waals surface area contributed by atoms with Gasteiger partial charge in [0.05, 0.1) is 0 Å². The van der Waals surface area contributed by atoms with Crippen molar-refractivity contribution in [2.24, 2.45) is 11.1 Å². The molecule has 0 aromatic carbocycles. The van der Waals surface area contributed by atoms with E-state index in [1.165, 1.54) is 0 Å². The van der Waals surface area contributed by atoms with Gasteiger partial charge in [-0.2, -0.15) is 0 Å². The van der Waals surface area contributed by atoms with Crippen molar-refractivity contribution < 1.29 is 9.53 Å². The fourth-order valence-electron chi connectivity index (χ4n) is 1.56. The molecule has 0 bridgehead atoms. The maximum Gasteiger partial charge on any atom is 0.325 e. The number of carbonyl (C=O) groups is 1. The highest BCUT2D eigenvalue weighted by molar-refractivity contribution is 5.79. The zero-order valence-corrected chi connectivity index (χ0v) is 8.89. The highest BCUT2D eigenvalue weighted by Gasteiger charge is 2.40. The largest absolute Gasteiger partial charge is 0.461 e. The first-order chi connectivity index (χ1) is 5.71. The molecule has 0 radical (unpaired) electrons. The number of carbonyl (C=O) groups excluding carboxylic acids is 1. The third-order valence-corrected chi connectivity index (χ3v) is 2.36. The van der Waals surface area contributed by atoms with Crippen LogP contribution in [0.25, 0.3) is 0 Å². The van der Waals surface area contributed by atoms with Crippen LogP contribution in [0.2, 0.25) is 0 Å². The predicted molar refractivity (Wildman–Crippen MR) is 51.2 cm³/mol. The van der Waals surface area contributed by atoms with Crippen molar-refractivity contribution in [3.05, 3.63) is 0 Å². The van der Waals surface area contributed by atoms with E-state index in [0.29, 0.717) is 5.41 Å². The van der Waals surface area contributed by atoms with Gasteiger partial charge in [-0.05, 0) is 32.1 Å². The molecule has 0 heterocycles. The summed E-state index contributed by atoms with van der Waals surface area (Å²) in [7, 11) is 0. The van der Waals surface area contributed by atoms with Gasteiger partial charge in [0.15, 0.2) is 0 Å². The van der Waals surface area contributed by atoms with Crippen molar-refractivity contribution in [2.75, 3.05) is 0 Å². The first-order valence-electron chi connectivity index (χ1n) is 4.71. The van der Waals surface area contributed by atoms with Crippen LogP contribution < -0.4 is 5.73 Å². The number of nitrogens with two attached hydrogens (primary N) is 1. The minimum atomic E-state index is -0.861. The molecule has 0 atom stereocenters. The van der Waals surface area contributed by atoms with Gasteiger partial charge in [-0.15, -0.1) is 0 Å². The van der Waals surface area contributed by atoms with E-state index in [0.717, 1.165) is 12.8 Å². The number of hydrogen-bond donors (Lipinski definition) is 1. The van der Waals surface area contributed by atoms with Gasteiger partial charge in [-0.3, -0.25) is 4.79 Å². The van der Waals surface area contributed by atoms with Gasteiger partial charge in [-0.25, -0.2) is 0 Å². The summed E-state index contributed by atoms with van der Waals surface area (Å²) < 4.78 is 5.22. The SMILES string of the molecule is CC1(C)CC(OC(=O)C(C)(C)N)C1. The molecular formula is C10H19NO2. The Morgan fingerprint density at radius 1 is 1.46 bits per heavy atom. The standard InChI is InChI=1S/C10H19NO2/c1-9(2)5-7(6-9)13-8(12)10(3,4)11/h7H,5-6,11H2,1-4H3. The molecule has 0 spiro atoms. The third kappa shape index (κ3) is 2.69. The van der Waals surface area contributed by atoms with Gasteiger partial charge in [0, 0.05) is 0 Å². The van der Waals surface area contributed by atoms with Crippen LogP contribution in [0.4, 0.5) is 0 Å². The van der Waals surface area contributed by atoms with Crippen molar-refractivity contribution in [1.29, 1.82) is 0 Å². The molecule has 0 aromatic rings. The Bertz CT molecular complexity index is 207. The fraction of sp³-hybridized carbons (Fsp3) is 0.900. The first-order valence-corrected chi connectivity index (χ1v) is 4.71. The van der Waals surface area contributed by atoms with Crippen LogP contribution in [0.1, 0.15) is 40.5 Å². The zero-order chi connectivity index (χ0) is 10.3. The number of hydrogen-bond acceptors (Lipinski definition) is 3. The Hall–Kier alpha value is -0.570. The van der Waals surface area contributed by atoms with E-state index in [2.05, 4.69) is 13.8 Å². The molecule has 0 unspecified atom stereocenters. The lowest BCUT2D eigenvalue weighted by Gasteiger charge is -2.42. The molecule has 13 heavy (non-hydrogen) atoms. The van der Waals surface area contributed by atoms with Crippen LogP contribution in [0.15, 0.2) is 0 Å². The lowest BCUT2D eigenvalue weighted by molar-refractivity contribution is -0.164. The Kier molecular flexibility index (Phi) is 2.41. The summed E-state index contributed by atoms with van der Waals surface area (Å²) in [6, 6.07) is 0. The van der Waals surface area contributed by atoms with E-state index in [-0.39, 0.29) is 12.1 Å². The lowest BCUT2D eigenvalue weighted by Crippen LogP contribution is -2.48. The van der Waals surface area contributed by atoms with Crippen LogP contribution in [-0.2, 0) is 9.53 Å². The summed E-state index contributed by atoms with van der Waals surface area (Å²) in [6.07, 6.45) is 1.99. The molecular weight excluding hydrogens is 166 g/mol. The van der Waals surface area contributed by atoms with Crippen molar-refractivity contribution in [1.82, 2.24) is 0 Å². The molecule has 2 N–H and O–H groups in total. The van der Waals surface area contributed by atoms with Crippen molar-refractivity contribution >= 4 is 5.97 Å². The summed E-state index contributed by atoms with van der Waals surface area (Å²) in [4.78, 5) is 11.3. The summed E-state index contributed by atoms with van der Waals surface area (Å²) in [5.74, 6) is -0.298. The van der Waals surface area contributed by atoms with E-state index in [1.807, 2.05) is 0 Å². The van der Waals surface area contributed by atoms with Crippen LogP contribution in [-0.4, -0.2) is 17.6 Å². The quantitative estimate of drug-likeness (QED) is 0.662. The number of esters is 1. The van der Waals surface area contributed by atoms with Gasteiger partial charge in [0.25, 0.3) is 0 Å². The molecule has 1 saturated carbocycles. The summed E-state index contributed by atoms with van der Waals surface area (Å²) >= 11 is 0. The molecule has 0 aliphatic heterocycles. The molecule has 0 saturated heterocycles. The molecule has 0 aromatic heterocycles. The molecule has 1 aliphatic rings. The Balaban J connectivity index is 2.33. The van der Waals surface area contributed by atoms with Gasteiger partial charge in [0.2, 0.25) is 0 Å². The average molecular weight is 185 g/mol. The zero-order valence-electron chi connectivity index (χ0n) is 8.89. The predicted octanol–water partition coefficient (Wildman–Crippen LogP) is 1.46. The van der Waals surface area contributed by atoms with Gasteiger partial charge in [0.1, 0.15) is 11.6 Å². The van der Waals surface area contributed by atoms with Crippen molar-refractivity contribution in [3.8, 4) is 0 Å². The van der Waals surface area contributed by atoms with E-state index in [4.69, 9.17) is 10.5 Å². The van der Waals surface area contributed by atoms with E-state index < -0.39 is 5.54 Å². The number of rotatable bonds is 2. The third-order valence-electron chi connectivity index (χ3n) is 2.36. The molecule has 76 valence electrons. The minimum absolute atomic E-state index is 0.0883. The second kappa shape index (κ2) is 2.98. The van der Waals surface area contributed by atoms with Gasteiger partial charge < -0.3 is 10.5 Å². The smallest absolute Gasteiger partial charge is 0.325 e. The van der Waals surface area contributed by atoms with E-state index in [1.54, 1.807) is 13.8 Å². The summed E-state index contributed by atoms with van der Waals surface area (Å²) in [6.45, 7) is 7.67. The summed E-state index contributed by atoms with van der Waals surface area (Å²) in [5.41, 5.74) is 5.07. The Labute approximate surface area is 79.6 Å². The van der Waals surface area contributed by atoms with Crippen LogP contribution in [0, 0.1) is 5.41 Å². The van der Waals surface area contributed by atoms with Crippen LogP contribution in [0.5, 0.6) is 0 Å². The average Bonchev–Trinajstić information content (AvgIpc) is 1.80. The topological polar surface area (TPSA) is 52.3 Å². The fourth-order valence-corrected chi connectivity index (χ4v) is 1.56. The van der Waals surface area contributed by atoms with Crippen molar-refractivity contribution in [2.45, 2.75) is 52.2 Å². The Morgan fingerprint density at radius 2 is 1.92 bits per heavy atom. The summed E-state index contributed by atoms with van der Waals surface area (Å²) in [5, 5.41) is 0. The highest BCUT2D eigenvalue weighted by atomic mass is 16.5. The maximum atomic E-state index is 11.3. The monoisotopic (exact) mass is 185 g/mol. The molecule has 3 nitrogen and oxygen atoms in total. The number of ether oxygens (including phenoxy) is 1. The van der Waals surface area contributed by atoms with Gasteiger partial charge >= 0.3 is 5.97 Å². The minimum Gasteiger partial charge on any atom is -0.461 e. The first kappa shape index (κ1) is 10.5. The second-order valence-electron chi connectivity index (χ2n) is 5.32. The van der Waals surface area contributed by atoms with E-state index >= 15 is 0 Å². The van der Waals surface area contributed by atoms with Gasteiger partial charge in [-0.1, -0.05) is 13.8 Å². The normalized spacial score (nSPS) is 22.2. The molecule has 1 rings (SSSR count). The molecule has 0 amide bonds. The maximum absolute atomic E-state index is 11.3. The Morgan fingerprint density at radius 3 is 2.23 bits per heavy atom.